The Labute approximate surface area is 69.8 Å². The number of nitrogens with one attached hydrogen (secondary N) is 1. The van der Waals surface area contributed by atoms with Crippen molar-refractivity contribution in [2.24, 2.45) is 0 Å². The molecule has 0 aromatic heterocycles. The van der Waals surface area contributed by atoms with Crippen LogP contribution in [0.4, 0.5) is 0 Å². The second kappa shape index (κ2) is 2.79. The summed E-state index contributed by atoms with van der Waals surface area (Å²) < 4.78 is 0. The molecule has 0 saturated carbocycles. The molecule has 1 unspecified atom stereocenters. The highest BCUT2D eigenvalue weighted by atomic mass is 15.1. The monoisotopic (exact) mass is 152 g/mol. The smallest absolute Gasteiger partial charge is 0.185 e. The molecule has 2 nitrogen and oxygen atoms in total. The standard InChI is InChI=1S/C8H17BN2/c9-11-6-2-4-8(7-11)3-1-5-10-8/h10H,1-7,9H2. The number of nitrogens with zero attached hydrogens (tertiary/aromatic N) is 1. The van der Waals surface area contributed by atoms with E-state index in [-0.39, 0.29) is 0 Å². The maximum Gasteiger partial charge on any atom is 0.185 e. The molecule has 1 N–H and O–H groups in total. The van der Waals surface area contributed by atoms with Crippen molar-refractivity contribution in [3.8, 4) is 0 Å². The van der Waals surface area contributed by atoms with E-state index in [2.05, 4.69) is 18.1 Å². The van der Waals surface area contributed by atoms with Gasteiger partial charge in [0.25, 0.3) is 0 Å². The van der Waals surface area contributed by atoms with Crippen LogP contribution in [0.25, 0.3) is 0 Å². The summed E-state index contributed by atoms with van der Waals surface area (Å²) in [5.74, 6) is 0. The van der Waals surface area contributed by atoms with Gasteiger partial charge in [-0.3, -0.25) is 0 Å². The average molecular weight is 152 g/mol. The predicted octanol–water partition coefficient (Wildman–Crippen LogP) is -0.247. The molecule has 0 bridgehead atoms. The van der Waals surface area contributed by atoms with E-state index in [4.69, 9.17) is 0 Å². The molecule has 3 heteroatoms. The minimum absolute atomic E-state index is 0.521. The van der Waals surface area contributed by atoms with Crippen molar-refractivity contribution in [1.29, 1.82) is 0 Å². The Morgan fingerprint density at radius 1 is 1.27 bits per heavy atom. The highest BCUT2D eigenvalue weighted by Crippen LogP contribution is 2.28. The summed E-state index contributed by atoms with van der Waals surface area (Å²) in [7, 11) is 2.24. The van der Waals surface area contributed by atoms with Gasteiger partial charge in [-0.15, -0.1) is 0 Å². The number of rotatable bonds is 0. The highest BCUT2D eigenvalue weighted by Gasteiger charge is 2.35. The molecular formula is C8H17BN2. The molecule has 1 atom stereocenters. The van der Waals surface area contributed by atoms with Crippen LogP contribution < -0.4 is 5.32 Å². The first-order valence-electron chi connectivity index (χ1n) is 4.74. The number of hydrogen-bond donors (Lipinski definition) is 1. The van der Waals surface area contributed by atoms with Crippen LogP contribution in [0.5, 0.6) is 0 Å². The Bertz CT molecular complexity index is 143. The molecular weight excluding hydrogens is 135 g/mol. The summed E-state index contributed by atoms with van der Waals surface area (Å²) in [6.07, 6.45) is 5.56. The molecule has 0 radical (unpaired) electrons. The molecule has 2 saturated heterocycles. The van der Waals surface area contributed by atoms with E-state index in [1.54, 1.807) is 0 Å². The maximum atomic E-state index is 3.66. The molecule has 0 amide bonds. The summed E-state index contributed by atoms with van der Waals surface area (Å²) in [5.41, 5.74) is 0.521. The fraction of sp³-hybridized carbons (Fsp3) is 1.00. The molecule has 11 heavy (non-hydrogen) atoms. The van der Waals surface area contributed by atoms with Crippen molar-refractivity contribution in [1.82, 2.24) is 10.1 Å². The average Bonchev–Trinajstić information content (AvgIpc) is 2.37. The predicted molar refractivity (Wildman–Crippen MR) is 49.3 cm³/mol. The topological polar surface area (TPSA) is 15.3 Å². The third-order valence-electron chi connectivity index (χ3n) is 3.10. The third-order valence-corrected chi connectivity index (χ3v) is 3.10. The zero-order valence-corrected chi connectivity index (χ0v) is 7.40. The Hall–Kier alpha value is -0.0151. The van der Waals surface area contributed by atoms with Gasteiger partial charge in [0.1, 0.15) is 0 Å². The second-order valence-electron chi connectivity index (χ2n) is 4.15. The SMILES string of the molecule is BN1CCCC2(CCCN2)C1. The van der Waals surface area contributed by atoms with Crippen LogP contribution in [0.2, 0.25) is 0 Å². The molecule has 2 aliphatic heterocycles. The molecule has 2 aliphatic rings. The van der Waals surface area contributed by atoms with Crippen molar-refractivity contribution < 1.29 is 0 Å². The summed E-state index contributed by atoms with van der Waals surface area (Å²) in [5, 5.41) is 3.66. The Kier molecular flexibility index (Phi) is 1.94. The third kappa shape index (κ3) is 1.45. The lowest BCUT2D eigenvalue weighted by Crippen LogP contribution is -2.52. The van der Waals surface area contributed by atoms with E-state index < -0.39 is 0 Å². The lowest BCUT2D eigenvalue weighted by Gasteiger charge is -2.39. The fourth-order valence-corrected chi connectivity index (χ4v) is 2.58. The summed E-state index contributed by atoms with van der Waals surface area (Å²) in [6.45, 7) is 3.81. The minimum atomic E-state index is 0.521. The second-order valence-corrected chi connectivity index (χ2v) is 4.15. The van der Waals surface area contributed by atoms with Crippen molar-refractivity contribution in [3.63, 3.8) is 0 Å². The fourth-order valence-electron chi connectivity index (χ4n) is 2.58. The quantitative estimate of drug-likeness (QED) is 0.481. The van der Waals surface area contributed by atoms with Crippen LogP contribution in [0, 0.1) is 0 Å². The largest absolute Gasteiger partial charge is 0.347 e. The van der Waals surface area contributed by atoms with Crippen molar-refractivity contribution >= 4 is 7.98 Å². The lowest BCUT2D eigenvalue weighted by molar-refractivity contribution is 0.210. The van der Waals surface area contributed by atoms with Gasteiger partial charge in [-0.1, -0.05) is 0 Å². The van der Waals surface area contributed by atoms with E-state index in [1.165, 1.54) is 45.3 Å². The Balaban J connectivity index is 2.00. The maximum absolute atomic E-state index is 3.66. The van der Waals surface area contributed by atoms with E-state index in [0.29, 0.717) is 5.54 Å². The molecule has 0 aromatic rings. The zero-order chi connectivity index (χ0) is 7.73. The van der Waals surface area contributed by atoms with Crippen LogP contribution in [0.15, 0.2) is 0 Å². The summed E-state index contributed by atoms with van der Waals surface area (Å²) >= 11 is 0. The molecule has 62 valence electrons. The van der Waals surface area contributed by atoms with Crippen LogP contribution in [0.1, 0.15) is 25.7 Å². The molecule has 0 aromatic carbocycles. The van der Waals surface area contributed by atoms with Gasteiger partial charge in [0.2, 0.25) is 0 Å². The van der Waals surface area contributed by atoms with Crippen molar-refractivity contribution in [3.05, 3.63) is 0 Å². The summed E-state index contributed by atoms with van der Waals surface area (Å²) in [4.78, 5) is 2.46. The first kappa shape index (κ1) is 7.62. The number of piperidine rings is 1. The van der Waals surface area contributed by atoms with E-state index >= 15 is 0 Å². The molecule has 0 aliphatic carbocycles. The van der Waals surface area contributed by atoms with Gasteiger partial charge in [-0.25, -0.2) is 0 Å². The Morgan fingerprint density at radius 3 is 2.73 bits per heavy atom. The molecule has 1 spiro atoms. The molecule has 2 heterocycles. The summed E-state index contributed by atoms with van der Waals surface area (Å²) in [6, 6.07) is 0. The minimum Gasteiger partial charge on any atom is -0.347 e. The van der Waals surface area contributed by atoms with Gasteiger partial charge in [0.15, 0.2) is 7.98 Å². The van der Waals surface area contributed by atoms with E-state index in [1.807, 2.05) is 0 Å². The normalized spacial score (nSPS) is 40.0. The van der Waals surface area contributed by atoms with Gasteiger partial charge < -0.3 is 10.1 Å². The van der Waals surface area contributed by atoms with Crippen LogP contribution in [0.3, 0.4) is 0 Å². The van der Waals surface area contributed by atoms with Crippen molar-refractivity contribution in [2.75, 3.05) is 19.6 Å². The van der Waals surface area contributed by atoms with Gasteiger partial charge >= 0.3 is 0 Å². The van der Waals surface area contributed by atoms with Crippen LogP contribution in [-0.4, -0.2) is 38.0 Å². The Morgan fingerprint density at radius 2 is 2.09 bits per heavy atom. The van der Waals surface area contributed by atoms with Crippen LogP contribution in [-0.2, 0) is 0 Å². The molecule has 2 fully saturated rings. The molecule has 2 rings (SSSR count). The number of hydrogen-bond acceptors (Lipinski definition) is 2. The van der Waals surface area contributed by atoms with Gasteiger partial charge in [0, 0.05) is 12.1 Å². The van der Waals surface area contributed by atoms with E-state index in [9.17, 15) is 0 Å². The van der Waals surface area contributed by atoms with Gasteiger partial charge in [0.05, 0.1) is 0 Å². The first-order chi connectivity index (χ1) is 5.31. The zero-order valence-electron chi connectivity index (χ0n) is 7.40. The van der Waals surface area contributed by atoms with Gasteiger partial charge in [-0.2, -0.15) is 0 Å². The van der Waals surface area contributed by atoms with E-state index in [0.717, 1.165) is 0 Å². The van der Waals surface area contributed by atoms with Gasteiger partial charge in [-0.05, 0) is 38.8 Å². The van der Waals surface area contributed by atoms with Crippen molar-refractivity contribution in [2.45, 2.75) is 31.2 Å². The van der Waals surface area contributed by atoms with Crippen LogP contribution >= 0.6 is 0 Å². The highest BCUT2D eigenvalue weighted by molar-refractivity contribution is 6.04. The first-order valence-corrected chi connectivity index (χ1v) is 4.74. The lowest BCUT2D eigenvalue weighted by atomic mass is 9.86.